The van der Waals surface area contributed by atoms with E-state index < -0.39 is 17.8 Å². The van der Waals surface area contributed by atoms with Gasteiger partial charge in [-0.2, -0.15) is 13.2 Å². The van der Waals surface area contributed by atoms with Crippen LogP contribution in [0.4, 0.5) is 13.2 Å². The molecule has 0 aliphatic carbocycles. The minimum atomic E-state index is -4.51. The zero-order valence-corrected chi connectivity index (χ0v) is 8.58. The molecule has 1 aromatic carbocycles. The largest absolute Gasteiger partial charge is 0.496 e. The van der Waals surface area contributed by atoms with Crippen LogP contribution in [-0.2, 0) is 6.18 Å². The number of halogens is 3. The molecule has 1 unspecified atom stereocenters. The average Bonchev–Trinajstić information content (AvgIpc) is 2.25. The van der Waals surface area contributed by atoms with Gasteiger partial charge in [0, 0.05) is 5.56 Å². The molecule has 0 fully saturated rings. The summed E-state index contributed by atoms with van der Waals surface area (Å²) in [6.07, 6.45) is -4.56. The molecule has 0 aliphatic rings. The Hall–Kier alpha value is -1.49. The Labute approximate surface area is 91.0 Å². The fraction of sp³-hybridized carbons (Fsp3) is 0.273. The zero-order valence-electron chi connectivity index (χ0n) is 8.58. The molecule has 1 rings (SSSR count). The minimum absolute atomic E-state index is 0.0484. The van der Waals surface area contributed by atoms with Crippen LogP contribution in [0.5, 0.6) is 5.75 Å². The summed E-state index contributed by atoms with van der Waals surface area (Å²) >= 11 is 0. The van der Waals surface area contributed by atoms with Gasteiger partial charge in [-0.3, -0.25) is 0 Å². The summed E-state index contributed by atoms with van der Waals surface area (Å²) in [5, 5.41) is 9.47. The zero-order chi connectivity index (χ0) is 12.3. The summed E-state index contributed by atoms with van der Waals surface area (Å²) in [6, 6.07) is 3.48. The monoisotopic (exact) mass is 232 g/mol. The third kappa shape index (κ3) is 2.36. The highest BCUT2D eigenvalue weighted by Crippen LogP contribution is 2.39. The Balaban J connectivity index is 3.37. The fourth-order valence-corrected chi connectivity index (χ4v) is 1.37. The van der Waals surface area contributed by atoms with Gasteiger partial charge in [0.2, 0.25) is 0 Å². The van der Waals surface area contributed by atoms with Crippen molar-refractivity contribution in [1.82, 2.24) is 0 Å². The van der Waals surface area contributed by atoms with E-state index in [1.54, 1.807) is 0 Å². The highest BCUT2D eigenvalue weighted by Gasteiger charge is 2.35. The second-order valence-electron chi connectivity index (χ2n) is 3.11. The van der Waals surface area contributed by atoms with Crippen molar-refractivity contribution in [1.29, 1.82) is 0 Å². The van der Waals surface area contributed by atoms with Crippen molar-refractivity contribution >= 4 is 0 Å². The predicted molar refractivity (Wildman–Crippen MR) is 53.2 cm³/mol. The van der Waals surface area contributed by atoms with E-state index in [0.29, 0.717) is 0 Å². The van der Waals surface area contributed by atoms with Gasteiger partial charge in [-0.05, 0) is 6.07 Å². The van der Waals surface area contributed by atoms with E-state index in [1.807, 2.05) is 0 Å². The maximum Gasteiger partial charge on any atom is 0.419 e. The number of ether oxygens (including phenoxy) is 1. The van der Waals surface area contributed by atoms with Crippen LogP contribution >= 0.6 is 0 Å². The molecule has 0 bridgehead atoms. The molecule has 0 saturated carbocycles. The maximum atomic E-state index is 12.6. The highest BCUT2D eigenvalue weighted by molar-refractivity contribution is 5.45. The molecule has 0 aromatic heterocycles. The van der Waals surface area contributed by atoms with E-state index in [9.17, 15) is 18.3 Å². The summed E-state index contributed by atoms with van der Waals surface area (Å²) in [5.74, 6) is -0.373. The highest BCUT2D eigenvalue weighted by atomic mass is 19.4. The molecule has 1 atom stereocenters. The number of aliphatic hydroxyl groups is 1. The first-order valence-electron chi connectivity index (χ1n) is 4.46. The van der Waals surface area contributed by atoms with E-state index in [0.717, 1.165) is 19.3 Å². The van der Waals surface area contributed by atoms with Gasteiger partial charge in [0.05, 0.1) is 12.7 Å². The second kappa shape index (κ2) is 4.57. The predicted octanol–water partition coefficient (Wildman–Crippen LogP) is 2.93. The van der Waals surface area contributed by atoms with Gasteiger partial charge in [-0.1, -0.05) is 18.2 Å². The normalized spacial score (nSPS) is 13.3. The lowest BCUT2D eigenvalue weighted by atomic mass is 10.0. The summed E-state index contributed by atoms with van der Waals surface area (Å²) in [4.78, 5) is 0. The first kappa shape index (κ1) is 12.6. The van der Waals surface area contributed by atoms with Crippen LogP contribution in [0.1, 0.15) is 17.2 Å². The molecule has 16 heavy (non-hydrogen) atoms. The number of para-hydroxylation sites is 1. The molecule has 1 aromatic rings. The van der Waals surface area contributed by atoms with E-state index in [4.69, 9.17) is 4.74 Å². The lowest BCUT2D eigenvalue weighted by molar-refractivity contribution is -0.138. The molecule has 1 N–H and O–H groups in total. The lowest BCUT2D eigenvalue weighted by Crippen LogP contribution is -2.10. The fourth-order valence-electron chi connectivity index (χ4n) is 1.37. The molecule has 88 valence electrons. The van der Waals surface area contributed by atoms with E-state index in [-0.39, 0.29) is 11.3 Å². The third-order valence-electron chi connectivity index (χ3n) is 2.10. The van der Waals surface area contributed by atoms with Crippen molar-refractivity contribution in [3.05, 3.63) is 42.0 Å². The first-order valence-corrected chi connectivity index (χ1v) is 4.46. The van der Waals surface area contributed by atoms with Crippen molar-refractivity contribution in [3.63, 3.8) is 0 Å². The Kier molecular flexibility index (Phi) is 3.59. The van der Waals surface area contributed by atoms with Gasteiger partial charge in [-0.15, -0.1) is 6.58 Å². The van der Waals surface area contributed by atoms with Gasteiger partial charge in [0.15, 0.2) is 0 Å². The smallest absolute Gasteiger partial charge is 0.419 e. The summed E-state index contributed by atoms with van der Waals surface area (Å²) in [7, 11) is 1.13. The topological polar surface area (TPSA) is 29.5 Å². The Morgan fingerprint density at radius 3 is 2.50 bits per heavy atom. The minimum Gasteiger partial charge on any atom is -0.496 e. The molecular weight excluding hydrogens is 221 g/mol. The maximum absolute atomic E-state index is 12.6. The summed E-state index contributed by atoms with van der Waals surface area (Å²) in [6.45, 7) is 3.32. The van der Waals surface area contributed by atoms with Gasteiger partial charge in [0.25, 0.3) is 0 Å². The Morgan fingerprint density at radius 2 is 2.06 bits per heavy atom. The van der Waals surface area contributed by atoms with Crippen LogP contribution in [0.15, 0.2) is 30.9 Å². The van der Waals surface area contributed by atoms with Crippen molar-refractivity contribution in [3.8, 4) is 5.75 Å². The molecule has 0 heterocycles. The number of alkyl halides is 3. The molecule has 0 radical (unpaired) electrons. The number of hydrogen-bond donors (Lipinski definition) is 1. The molecular formula is C11H11F3O2. The van der Waals surface area contributed by atoms with Crippen molar-refractivity contribution in [2.45, 2.75) is 12.3 Å². The van der Waals surface area contributed by atoms with Crippen LogP contribution in [0, 0.1) is 0 Å². The summed E-state index contributed by atoms with van der Waals surface area (Å²) in [5.41, 5.74) is -0.860. The van der Waals surface area contributed by atoms with E-state index in [2.05, 4.69) is 6.58 Å². The van der Waals surface area contributed by atoms with Crippen LogP contribution in [0.25, 0.3) is 0 Å². The third-order valence-corrected chi connectivity index (χ3v) is 2.10. The lowest BCUT2D eigenvalue weighted by Gasteiger charge is -2.17. The number of rotatable bonds is 3. The average molecular weight is 232 g/mol. The molecule has 0 aliphatic heterocycles. The van der Waals surface area contributed by atoms with Gasteiger partial charge in [-0.25, -0.2) is 0 Å². The number of benzene rings is 1. The molecule has 0 saturated heterocycles. The molecule has 5 heteroatoms. The molecule has 2 nitrogen and oxygen atoms in total. The Bertz CT molecular complexity index is 385. The van der Waals surface area contributed by atoms with Crippen molar-refractivity contribution < 1.29 is 23.0 Å². The van der Waals surface area contributed by atoms with Gasteiger partial charge in [0.1, 0.15) is 11.9 Å². The van der Waals surface area contributed by atoms with Gasteiger partial charge < -0.3 is 9.84 Å². The van der Waals surface area contributed by atoms with Crippen molar-refractivity contribution in [2.75, 3.05) is 7.11 Å². The van der Waals surface area contributed by atoms with Crippen molar-refractivity contribution in [2.24, 2.45) is 0 Å². The van der Waals surface area contributed by atoms with Crippen LogP contribution in [0.3, 0.4) is 0 Å². The van der Waals surface area contributed by atoms with Crippen LogP contribution < -0.4 is 4.74 Å². The van der Waals surface area contributed by atoms with Gasteiger partial charge >= 0.3 is 6.18 Å². The quantitative estimate of drug-likeness (QED) is 0.812. The van der Waals surface area contributed by atoms with E-state index >= 15 is 0 Å². The van der Waals surface area contributed by atoms with Crippen LogP contribution in [0.2, 0.25) is 0 Å². The summed E-state index contributed by atoms with van der Waals surface area (Å²) < 4.78 is 42.5. The number of methoxy groups -OCH3 is 1. The molecule has 0 spiro atoms. The SMILES string of the molecule is C=CC(O)c1cccc(C(F)(F)F)c1OC. The van der Waals surface area contributed by atoms with E-state index in [1.165, 1.54) is 12.1 Å². The first-order chi connectivity index (χ1) is 7.41. The number of aliphatic hydroxyl groups excluding tert-OH is 1. The second-order valence-corrected chi connectivity index (χ2v) is 3.11. The Morgan fingerprint density at radius 1 is 1.44 bits per heavy atom. The number of hydrogen-bond acceptors (Lipinski definition) is 2. The molecule has 0 amide bonds. The standard InChI is InChI=1S/C11H11F3O2/c1-3-9(15)7-5-4-6-8(10(7)16-2)11(12,13)14/h3-6,9,15H,1H2,2H3. The van der Waals surface area contributed by atoms with Crippen LogP contribution in [-0.4, -0.2) is 12.2 Å².